The van der Waals surface area contributed by atoms with Crippen LogP contribution in [0.5, 0.6) is 0 Å². The lowest BCUT2D eigenvalue weighted by molar-refractivity contribution is 0.322. The number of hydrogen-bond donors (Lipinski definition) is 1. The molecular weight excluding hydrogens is 316 g/mol. The van der Waals surface area contributed by atoms with Gasteiger partial charge in [0.15, 0.2) is 5.16 Å². The van der Waals surface area contributed by atoms with Crippen LogP contribution in [0.1, 0.15) is 29.7 Å². The molecule has 0 radical (unpaired) electrons. The molecule has 2 aromatic rings. The largest absolute Gasteiger partial charge is 0.396 e. The smallest absolute Gasteiger partial charge is 0.263 e. The number of aliphatic hydroxyl groups excluding tert-OH is 1. The minimum absolute atomic E-state index is 0.0461. The number of thioether (sulfide) groups is 1. The summed E-state index contributed by atoms with van der Waals surface area (Å²) in [5.41, 5.74) is 1.27. The minimum atomic E-state index is 0.0461. The highest BCUT2D eigenvalue weighted by atomic mass is 32.2. The van der Waals surface area contributed by atoms with Crippen molar-refractivity contribution in [3.63, 3.8) is 0 Å². The van der Waals surface area contributed by atoms with Crippen molar-refractivity contribution in [3.05, 3.63) is 33.4 Å². The molecule has 2 heterocycles. The van der Waals surface area contributed by atoms with Crippen molar-refractivity contribution in [2.75, 3.05) is 12.4 Å². The topological polar surface area (TPSA) is 55.1 Å². The normalized spacial score (nSPS) is 14.8. The summed E-state index contributed by atoms with van der Waals surface area (Å²) in [6.07, 6.45) is 7.37. The first-order valence-corrected chi connectivity index (χ1v) is 9.46. The second-order valence-corrected chi connectivity index (χ2v) is 7.56. The van der Waals surface area contributed by atoms with Gasteiger partial charge in [-0.3, -0.25) is 9.36 Å². The van der Waals surface area contributed by atoms with Gasteiger partial charge in [0, 0.05) is 17.2 Å². The van der Waals surface area contributed by atoms with Gasteiger partial charge in [0.1, 0.15) is 4.83 Å². The van der Waals surface area contributed by atoms with E-state index in [0.29, 0.717) is 17.5 Å². The number of aliphatic hydroxyl groups is 1. The third-order valence-corrected chi connectivity index (χ3v) is 6.07. The molecule has 0 bridgehead atoms. The predicted molar refractivity (Wildman–Crippen MR) is 93.1 cm³/mol. The second-order valence-electron chi connectivity index (χ2n) is 5.42. The molecule has 0 fully saturated rings. The number of rotatable bonds is 5. The lowest BCUT2D eigenvalue weighted by atomic mass is 10.1. The highest BCUT2D eigenvalue weighted by Gasteiger charge is 2.21. The Kier molecular flexibility index (Phi) is 5.00. The average molecular weight is 336 g/mol. The first kappa shape index (κ1) is 15.8. The van der Waals surface area contributed by atoms with Gasteiger partial charge in [-0.15, -0.1) is 17.9 Å². The maximum absolute atomic E-state index is 13.0. The Morgan fingerprint density at radius 1 is 1.36 bits per heavy atom. The fourth-order valence-corrected chi connectivity index (χ4v) is 4.99. The van der Waals surface area contributed by atoms with E-state index in [1.54, 1.807) is 22.0 Å². The Morgan fingerprint density at radius 3 is 2.95 bits per heavy atom. The molecular formula is C16H20N2O2S2. The molecule has 0 saturated carbocycles. The fraction of sp³-hybridized carbons (Fsp3) is 0.500. The van der Waals surface area contributed by atoms with Gasteiger partial charge in [0.25, 0.3) is 5.56 Å². The number of nitrogens with zero attached hydrogens (tertiary/aromatic N) is 2. The maximum atomic E-state index is 13.0. The van der Waals surface area contributed by atoms with Gasteiger partial charge in [0.05, 0.1) is 12.0 Å². The van der Waals surface area contributed by atoms with Crippen LogP contribution < -0.4 is 5.56 Å². The second kappa shape index (κ2) is 6.98. The van der Waals surface area contributed by atoms with E-state index in [1.807, 2.05) is 0 Å². The van der Waals surface area contributed by atoms with Gasteiger partial charge < -0.3 is 5.11 Å². The van der Waals surface area contributed by atoms with Gasteiger partial charge >= 0.3 is 0 Å². The van der Waals surface area contributed by atoms with Crippen molar-refractivity contribution >= 4 is 33.3 Å². The van der Waals surface area contributed by atoms with Crippen LogP contribution in [0.3, 0.4) is 0 Å². The number of fused-ring (bicyclic) bond motifs is 3. The van der Waals surface area contributed by atoms with Gasteiger partial charge in [-0.05, 0) is 31.2 Å². The van der Waals surface area contributed by atoms with E-state index in [2.05, 4.69) is 6.58 Å². The van der Waals surface area contributed by atoms with Crippen LogP contribution >= 0.6 is 23.1 Å². The molecule has 118 valence electrons. The molecule has 0 saturated heterocycles. The van der Waals surface area contributed by atoms with Gasteiger partial charge in [-0.2, -0.15) is 0 Å². The standard InChI is InChI=1S/C16H20N2O2S2/c1-2-8-18-15(20)13-11-6-4-3-5-7-12(11)22-14(13)17-16(18)21-10-9-19/h2,19H,1,3-10H2. The summed E-state index contributed by atoms with van der Waals surface area (Å²) in [6.45, 7) is 4.28. The monoisotopic (exact) mass is 336 g/mol. The van der Waals surface area contributed by atoms with Crippen molar-refractivity contribution in [2.45, 2.75) is 43.8 Å². The van der Waals surface area contributed by atoms with E-state index in [1.165, 1.54) is 35.0 Å². The molecule has 2 aromatic heterocycles. The van der Waals surface area contributed by atoms with Crippen LogP contribution in [0.25, 0.3) is 10.2 Å². The number of allylic oxidation sites excluding steroid dienone is 1. The third kappa shape index (κ3) is 2.87. The van der Waals surface area contributed by atoms with E-state index < -0.39 is 0 Å². The van der Waals surface area contributed by atoms with Crippen molar-refractivity contribution in [2.24, 2.45) is 0 Å². The lowest BCUT2D eigenvalue weighted by Crippen LogP contribution is -2.23. The zero-order valence-electron chi connectivity index (χ0n) is 12.5. The molecule has 4 nitrogen and oxygen atoms in total. The molecule has 3 rings (SSSR count). The van der Waals surface area contributed by atoms with E-state index in [9.17, 15) is 4.79 Å². The number of aryl methyl sites for hydroxylation is 2. The van der Waals surface area contributed by atoms with Crippen LogP contribution in [0.2, 0.25) is 0 Å². The molecule has 0 amide bonds. The first-order chi connectivity index (χ1) is 10.8. The fourth-order valence-electron chi connectivity index (χ4n) is 2.93. The molecule has 1 N–H and O–H groups in total. The maximum Gasteiger partial charge on any atom is 0.263 e. The van der Waals surface area contributed by atoms with Crippen molar-refractivity contribution in [1.82, 2.24) is 9.55 Å². The molecule has 0 unspecified atom stereocenters. The Labute approximate surface area is 137 Å². The summed E-state index contributed by atoms with van der Waals surface area (Å²) in [4.78, 5) is 19.9. The van der Waals surface area contributed by atoms with Crippen LogP contribution in [0, 0.1) is 0 Å². The Morgan fingerprint density at radius 2 is 2.18 bits per heavy atom. The van der Waals surface area contributed by atoms with Gasteiger partial charge in [-0.1, -0.05) is 24.3 Å². The van der Waals surface area contributed by atoms with E-state index >= 15 is 0 Å². The first-order valence-electron chi connectivity index (χ1n) is 7.66. The molecule has 0 spiro atoms. The zero-order valence-corrected chi connectivity index (χ0v) is 14.1. The summed E-state index contributed by atoms with van der Waals surface area (Å²) in [5, 5.41) is 10.5. The summed E-state index contributed by atoms with van der Waals surface area (Å²) in [5.74, 6) is 0.542. The molecule has 6 heteroatoms. The third-order valence-electron chi connectivity index (χ3n) is 3.92. The molecule has 0 aromatic carbocycles. The van der Waals surface area contributed by atoms with Crippen LogP contribution in [0.4, 0.5) is 0 Å². The number of thiophene rings is 1. The molecule has 0 aliphatic heterocycles. The van der Waals surface area contributed by atoms with E-state index in [4.69, 9.17) is 10.1 Å². The summed E-state index contributed by atoms with van der Waals surface area (Å²) < 4.78 is 1.69. The van der Waals surface area contributed by atoms with Crippen molar-refractivity contribution in [3.8, 4) is 0 Å². The summed E-state index contributed by atoms with van der Waals surface area (Å²) in [6, 6.07) is 0. The van der Waals surface area contributed by atoms with E-state index in [-0.39, 0.29) is 12.2 Å². The quantitative estimate of drug-likeness (QED) is 0.395. The zero-order chi connectivity index (χ0) is 15.5. The highest BCUT2D eigenvalue weighted by molar-refractivity contribution is 7.99. The van der Waals surface area contributed by atoms with Gasteiger partial charge in [0.2, 0.25) is 0 Å². The van der Waals surface area contributed by atoms with Crippen LogP contribution in [-0.2, 0) is 19.4 Å². The minimum Gasteiger partial charge on any atom is -0.396 e. The summed E-state index contributed by atoms with van der Waals surface area (Å²) >= 11 is 3.10. The molecule has 22 heavy (non-hydrogen) atoms. The molecule has 0 atom stereocenters. The summed E-state index contributed by atoms with van der Waals surface area (Å²) in [7, 11) is 0. The van der Waals surface area contributed by atoms with Crippen LogP contribution in [-0.4, -0.2) is 27.0 Å². The lowest BCUT2D eigenvalue weighted by Gasteiger charge is -2.10. The number of aromatic nitrogens is 2. The predicted octanol–water partition coefficient (Wildman–Crippen LogP) is 3.00. The SMILES string of the molecule is C=CCn1c(SCCO)nc2sc3c(c2c1=O)CCCCC3. The number of hydrogen-bond acceptors (Lipinski definition) is 5. The Hall–Kier alpha value is -1.11. The van der Waals surface area contributed by atoms with E-state index in [0.717, 1.165) is 29.5 Å². The van der Waals surface area contributed by atoms with Crippen molar-refractivity contribution in [1.29, 1.82) is 0 Å². The molecule has 1 aliphatic rings. The highest BCUT2D eigenvalue weighted by Crippen LogP contribution is 2.34. The Balaban J connectivity index is 2.19. The average Bonchev–Trinajstić information content (AvgIpc) is 2.70. The van der Waals surface area contributed by atoms with Gasteiger partial charge in [-0.25, -0.2) is 4.98 Å². The molecule has 1 aliphatic carbocycles. The van der Waals surface area contributed by atoms with Crippen LogP contribution in [0.15, 0.2) is 22.6 Å². The Bertz CT molecular complexity index is 749. The van der Waals surface area contributed by atoms with Crippen molar-refractivity contribution < 1.29 is 5.11 Å².